The van der Waals surface area contributed by atoms with Crippen LogP contribution >= 0.6 is 0 Å². The van der Waals surface area contributed by atoms with E-state index < -0.39 is 17.6 Å². The number of benzene rings is 1. The van der Waals surface area contributed by atoms with Gasteiger partial charge in [0.1, 0.15) is 5.75 Å². The van der Waals surface area contributed by atoms with Gasteiger partial charge in [0.2, 0.25) is 5.82 Å². The minimum Gasteiger partial charge on any atom is -0.497 e. The van der Waals surface area contributed by atoms with Crippen molar-refractivity contribution in [3.05, 3.63) is 57.3 Å². The lowest BCUT2D eigenvalue weighted by atomic mass is 10.1. The van der Waals surface area contributed by atoms with Gasteiger partial charge in [-0.2, -0.15) is 13.2 Å². The molecule has 8 heteroatoms. The third-order valence-electron chi connectivity index (χ3n) is 3.98. The number of methoxy groups -OCH3 is 1. The zero-order valence-electron chi connectivity index (χ0n) is 13.0. The molecule has 1 aliphatic rings. The molecule has 2 aromatic rings. The summed E-state index contributed by atoms with van der Waals surface area (Å²) >= 11 is 0. The SMILES string of the molecule is COc1ccc(CN2CCc3nc(C(F)(F)F)[nH]c(=O)c3C2)cc1. The molecular formula is C16H16F3N3O2. The van der Waals surface area contributed by atoms with E-state index in [1.54, 1.807) is 7.11 Å². The number of alkyl halides is 3. The van der Waals surface area contributed by atoms with Crippen molar-refractivity contribution in [1.29, 1.82) is 0 Å². The van der Waals surface area contributed by atoms with E-state index in [0.29, 0.717) is 25.1 Å². The van der Waals surface area contributed by atoms with Crippen LogP contribution in [0.25, 0.3) is 0 Å². The Morgan fingerprint density at radius 3 is 2.62 bits per heavy atom. The molecule has 0 bridgehead atoms. The Hall–Kier alpha value is -2.35. The number of nitrogens with zero attached hydrogens (tertiary/aromatic N) is 2. The Morgan fingerprint density at radius 2 is 2.00 bits per heavy atom. The highest BCUT2D eigenvalue weighted by Gasteiger charge is 2.35. The summed E-state index contributed by atoms with van der Waals surface area (Å²) in [6.45, 7) is 1.43. The van der Waals surface area contributed by atoms with Gasteiger partial charge in [0.25, 0.3) is 5.56 Å². The van der Waals surface area contributed by atoms with Crippen LogP contribution < -0.4 is 10.3 Å². The topological polar surface area (TPSA) is 58.2 Å². The molecule has 0 radical (unpaired) electrons. The third kappa shape index (κ3) is 3.43. The lowest BCUT2D eigenvalue weighted by Crippen LogP contribution is -2.36. The van der Waals surface area contributed by atoms with Gasteiger partial charge in [-0.05, 0) is 17.7 Å². The van der Waals surface area contributed by atoms with Crippen LogP contribution in [0, 0.1) is 0 Å². The zero-order valence-corrected chi connectivity index (χ0v) is 13.0. The maximum Gasteiger partial charge on any atom is 0.449 e. The molecule has 0 spiro atoms. The van der Waals surface area contributed by atoms with Gasteiger partial charge in [-0.15, -0.1) is 0 Å². The maximum absolute atomic E-state index is 12.7. The predicted octanol–water partition coefficient (Wildman–Crippen LogP) is 2.36. The van der Waals surface area contributed by atoms with Gasteiger partial charge in [0.05, 0.1) is 18.4 Å². The van der Waals surface area contributed by atoms with Crippen molar-refractivity contribution in [2.24, 2.45) is 0 Å². The Kier molecular flexibility index (Phi) is 4.31. The minimum absolute atomic E-state index is 0.233. The molecule has 1 N–H and O–H groups in total. The van der Waals surface area contributed by atoms with E-state index in [0.717, 1.165) is 11.3 Å². The van der Waals surface area contributed by atoms with Gasteiger partial charge < -0.3 is 9.72 Å². The Bertz CT molecular complexity index is 785. The number of fused-ring (bicyclic) bond motifs is 1. The van der Waals surface area contributed by atoms with E-state index in [1.165, 1.54) is 0 Å². The fraction of sp³-hybridized carbons (Fsp3) is 0.375. The van der Waals surface area contributed by atoms with E-state index in [2.05, 4.69) is 4.98 Å². The van der Waals surface area contributed by atoms with Gasteiger partial charge in [0, 0.05) is 26.1 Å². The Morgan fingerprint density at radius 1 is 1.29 bits per heavy atom. The number of aromatic amines is 1. The highest BCUT2D eigenvalue weighted by atomic mass is 19.4. The lowest BCUT2D eigenvalue weighted by Gasteiger charge is -2.27. The van der Waals surface area contributed by atoms with Crippen molar-refractivity contribution in [2.45, 2.75) is 25.7 Å². The second-order valence-electron chi connectivity index (χ2n) is 5.65. The number of hydrogen-bond acceptors (Lipinski definition) is 4. The summed E-state index contributed by atoms with van der Waals surface area (Å²) in [5, 5.41) is 0. The molecule has 0 aliphatic carbocycles. The van der Waals surface area contributed by atoms with Crippen LogP contribution in [-0.4, -0.2) is 28.5 Å². The molecule has 1 aliphatic heterocycles. The van der Waals surface area contributed by atoms with Gasteiger partial charge in [0.15, 0.2) is 0 Å². The number of rotatable bonds is 3. The first-order valence-electron chi connectivity index (χ1n) is 7.41. The number of ether oxygens (including phenoxy) is 1. The van der Waals surface area contributed by atoms with Crippen molar-refractivity contribution in [3.8, 4) is 5.75 Å². The second-order valence-corrected chi connectivity index (χ2v) is 5.65. The average Bonchev–Trinajstić information content (AvgIpc) is 2.55. The van der Waals surface area contributed by atoms with Crippen molar-refractivity contribution < 1.29 is 17.9 Å². The van der Waals surface area contributed by atoms with Crippen molar-refractivity contribution in [1.82, 2.24) is 14.9 Å². The summed E-state index contributed by atoms with van der Waals surface area (Å²) in [5.74, 6) is -0.474. The third-order valence-corrected chi connectivity index (χ3v) is 3.98. The smallest absolute Gasteiger partial charge is 0.449 e. The lowest BCUT2D eigenvalue weighted by molar-refractivity contribution is -0.145. The monoisotopic (exact) mass is 339 g/mol. The molecule has 128 valence electrons. The number of hydrogen-bond donors (Lipinski definition) is 1. The molecule has 0 saturated carbocycles. The van der Waals surface area contributed by atoms with Crippen molar-refractivity contribution in [2.75, 3.05) is 13.7 Å². The fourth-order valence-electron chi connectivity index (χ4n) is 2.74. The molecule has 5 nitrogen and oxygen atoms in total. The predicted molar refractivity (Wildman–Crippen MR) is 80.7 cm³/mol. The van der Waals surface area contributed by atoms with Gasteiger partial charge >= 0.3 is 6.18 Å². The Balaban J connectivity index is 1.78. The highest BCUT2D eigenvalue weighted by molar-refractivity contribution is 5.28. The summed E-state index contributed by atoms with van der Waals surface area (Å²) in [6.07, 6.45) is -4.33. The van der Waals surface area contributed by atoms with Crippen LogP contribution in [0.1, 0.15) is 22.6 Å². The maximum atomic E-state index is 12.7. The molecule has 0 atom stereocenters. The summed E-state index contributed by atoms with van der Waals surface area (Å²) in [4.78, 5) is 19.4. The number of nitrogens with one attached hydrogen (secondary N) is 1. The molecular weight excluding hydrogens is 323 g/mol. The fourth-order valence-corrected chi connectivity index (χ4v) is 2.74. The molecule has 0 fully saturated rings. The Labute approximate surface area is 136 Å². The quantitative estimate of drug-likeness (QED) is 0.933. The standard InChI is InChI=1S/C16H16F3N3O2/c1-24-11-4-2-10(3-5-11)8-22-7-6-13-12(9-22)14(23)21-15(20-13)16(17,18)19/h2-5H,6-9H2,1H3,(H,20,21,23). The van der Waals surface area contributed by atoms with Crippen LogP contribution in [0.15, 0.2) is 29.1 Å². The molecule has 3 rings (SSSR count). The molecule has 24 heavy (non-hydrogen) atoms. The van der Waals surface area contributed by atoms with Gasteiger partial charge in [-0.25, -0.2) is 4.98 Å². The van der Waals surface area contributed by atoms with E-state index in [1.807, 2.05) is 34.1 Å². The van der Waals surface area contributed by atoms with Crippen molar-refractivity contribution in [3.63, 3.8) is 0 Å². The first kappa shape index (κ1) is 16.5. The van der Waals surface area contributed by atoms with E-state index in [4.69, 9.17) is 4.74 Å². The van der Waals surface area contributed by atoms with Crippen LogP contribution in [0.3, 0.4) is 0 Å². The molecule has 0 unspecified atom stereocenters. The summed E-state index contributed by atoms with van der Waals surface area (Å²) in [5.41, 5.74) is 0.863. The van der Waals surface area contributed by atoms with Crippen LogP contribution in [0.2, 0.25) is 0 Å². The molecule has 0 saturated heterocycles. The van der Waals surface area contributed by atoms with E-state index in [9.17, 15) is 18.0 Å². The largest absolute Gasteiger partial charge is 0.497 e. The number of halogens is 3. The summed E-state index contributed by atoms with van der Waals surface area (Å²) < 4.78 is 43.2. The normalized spacial score (nSPS) is 15.2. The van der Waals surface area contributed by atoms with Crippen LogP contribution in [0.4, 0.5) is 13.2 Å². The first-order chi connectivity index (χ1) is 11.4. The molecule has 1 aromatic carbocycles. The van der Waals surface area contributed by atoms with E-state index in [-0.39, 0.29) is 12.2 Å². The zero-order chi connectivity index (χ0) is 17.3. The second kappa shape index (κ2) is 6.27. The first-order valence-corrected chi connectivity index (χ1v) is 7.41. The number of H-pyrrole nitrogens is 1. The molecule has 1 aromatic heterocycles. The molecule has 2 heterocycles. The average molecular weight is 339 g/mol. The van der Waals surface area contributed by atoms with Gasteiger partial charge in [-0.3, -0.25) is 9.69 Å². The van der Waals surface area contributed by atoms with Gasteiger partial charge in [-0.1, -0.05) is 12.1 Å². The number of aromatic nitrogens is 2. The highest BCUT2D eigenvalue weighted by Crippen LogP contribution is 2.26. The van der Waals surface area contributed by atoms with E-state index >= 15 is 0 Å². The molecule has 0 amide bonds. The summed E-state index contributed by atoms with van der Waals surface area (Å²) in [6, 6.07) is 7.53. The van der Waals surface area contributed by atoms with Crippen LogP contribution in [-0.2, 0) is 25.7 Å². The van der Waals surface area contributed by atoms with Crippen molar-refractivity contribution >= 4 is 0 Å². The summed E-state index contributed by atoms with van der Waals surface area (Å²) in [7, 11) is 1.59. The minimum atomic E-state index is -4.64. The van der Waals surface area contributed by atoms with Crippen LogP contribution in [0.5, 0.6) is 5.75 Å².